The third-order valence-electron chi connectivity index (χ3n) is 3.59. The van der Waals surface area contributed by atoms with Crippen molar-refractivity contribution in [3.05, 3.63) is 0 Å². The van der Waals surface area contributed by atoms with Crippen molar-refractivity contribution in [1.29, 1.82) is 0 Å². The van der Waals surface area contributed by atoms with Crippen molar-refractivity contribution in [1.82, 2.24) is 10.2 Å². The monoisotopic (exact) mass is 248 g/mol. The maximum atomic E-state index is 11.6. The van der Waals surface area contributed by atoms with Crippen LogP contribution in [0, 0.1) is 11.8 Å². The minimum Gasteiger partial charge on any atom is -0.465 e. The number of esters is 1. The first-order valence-electron chi connectivity index (χ1n) is 5.83. The Morgan fingerprint density at radius 1 is 1.44 bits per heavy atom. The maximum Gasteiger partial charge on any atom is 0.323 e. The molecule has 0 bridgehead atoms. The summed E-state index contributed by atoms with van der Waals surface area (Å²) in [7, 11) is 0. The SMILES string of the molecule is CCOC(=O)C(C)N1C[C@H]2CNC[C@H]2C1.Cl. The summed E-state index contributed by atoms with van der Waals surface area (Å²) in [5, 5.41) is 3.40. The van der Waals surface area contributed by atoms with Gasteiger partial charge in [0.1, 0.15) is 6.04 Å². The lowest BCUT2D eigenvalue weighted by atomic mass is 10.0. The van der Waals surface area contributed by atoms with E-state index in [9.17, 15) is 4.79 Å². The number of hydrogen-bond donors (Lipinski definition) is 1. The van der Waals surface area contributed by atoms with Crippen LogP contribution in [0.4, 0.5) is 0 Å². The summed E-state index contributed by atoms with van der Waals surface area (Å²) in [6, 6.07) is -0.0736. The number of nitrogens with zero attached hydrogens (tertiary/aromatic N) is 1. The largest absolute Gasteiger partial charge is 0.465 e. The van der Waals surface area contributed by atoms with Crippen LogP contribution in [0.5, 0.6) is 0 Å². The summed E-state index contributed by atoms with van der Waals surface area (Å²) >= 11 is 0. The zero-order valence-electron chi connectivity index (χ0n) is 9.94. The van der Waals surface area contributed by atoms with Crippen molar-refractivity contribution in [2.45, 2.75) is 19.9 Å². The second-order valence-corrected chi connectivity index (χ2v) is 4.56. The summed E-state index contributed by atoms with van der Waals surface area (Å²) in [6.07, 6.45) is 0. The van der Waals surface area contributed by atoms with Crippen LogP contribution < -0.4 is 5.32 Å². The Morgan fingerprint density at radius 2 is 2.00 bits per heavy atom. The Bertz CT molecular complexity index is 238. The molecule has 16 heavy (non-hydrogen) atoms. The Labute approximate surface area is 103 Å². The number of hydrogen-bond acceptors (Lipinski definition) is 4. The van der Waals surface area contributed by atoms with E-state index in [2.05, 4.69) is 10.2 Å². The fourth-order valence-electron chi connectivity index (χ4n) is 2.62. The predicted octanol–water partition coefficient (Wildman–Crippen LogP) is 0.511. The van der Waals surface area contributed by atoms with Crippen LogP contribution in [0.15, 0.2) is 0 Å². The van der Waals surface area contributed by atoms with Crippen molar-refractivity contribution < 1.29 is 9.53 Å². The van der Waals surface area contributed by atoms with E-state index in [-0.39, 0.29) is 24.4 Å². The molecule has 0 spiro atoms. The number of ether oxygens (including phenoxy) is 1. The highest BCUT2D eigenvalue weighted by atomic mass is 35.5. The van der Waals surface area contributed by atoms with E-state index in [1.807, 2.05) is 13.8 Å². The molecule has 94 valence electrons. The van der Waals surface area contributed by atoms with Crippen molar-refractivity contribution in [3.63, 3.8) is 0 Å². The standard InChI is InChI=1S/C11H20N2O2.ClH/c1-3-15-11(14)8(2)13-6-9-4-12-5-10(9)7-13;/h8-10,12H,3-7H2,1-2H3;1H/t8?,9-,10+;. The molecule has 0 aromatic heterocycles. The first-order chi connectivity index (χ1) is 7.22. The van der Waals surface area contributed by atoms with Crippen molar-refractivity contribution in [2.75, 3.05) is 32.8 Å². The summed E-state index contributed by atoms with van der Waals surface area (Å²) < 4.78 is 5.04. The number of likely N-dealkylation sites (tertiary alicyclic amines) is 1. The topological polar surface area (TPSA) is 41.6 Å². The third kappa shape index (κ3) is 2.67. The summed E-state index contributed by atoms with van der Waals surface area (Å²) in [5.74, 6) is 1.40. The van der Waals surface area contributed by atoms with Gasteiger partial charge in [-0.2, -0.15) is 0 Å². The Morgan fingerprint density at radius 3 is 2.50 bits per heavy atom. The zero-order valence-corrected chi connectivity index (χ0v) is 10.8. The van der Waals surface area contributed by atoms with E-state index in [0.717, 1.165) is 38.0 Å². The normalized spacial score (nSPS) is 30.6. The van der Waals surface area contributed by atoms with Crippen molar-refractivity contribution >= 4 is 18.4 Å². The highest BCUT2D eigenvalue weighted by Crippen LogP contribution is 2.27. The molecule has 2 rings (SSSR count). The average Bonchev–Trinajstić information content (AvgIpc) is 2.75. The van der Waals surface area contributed by atoms with Gasteiger partial charge >= 0.3 is 5.97 Å². The molecule has 1 unspecified atom stereocenters. The highest BCUT2D eigenvalue weighted by Gasteiger charge is 2.39. The van der Waals surface area contributed by atoms with Gasteiger partial charge in [-0.25, -0.2) is 0 Å². The van der Waals surface area contributed by atoms with Crippen LogP contribution >= 0.6 is 12.4 Å². The molecule has 2 fully saturated rings. The molecule has 0 aromatic carbocycles. The Balaban J connectivity index is 0.00000128. The van der Waals surface area contributed by atoms with E-state index < -0.39 is 0 Å². The zero-order chi connectivity index (χ0) is 10.8. The van der Waals surface area contributed by atoms with E-state index in [0.29, 0.717) is 6.61 Å². The smallest absolute Gasteiger partial charge is 0.323 e. The van der Waals surface area contributed by atoms with Crippen LogP contribution in [0.3, 0.4) is 0 Å². The van der Waals surface area contributed by atoms with E-state index >= 15 is 0 Å². The van der Waals surface area contributed by atoms with Gasteiger partial charge in [-0.3, -0.25) is 9.69 Å². The number of carbonyl (C=O) groups excluding carboxylic acids is 1. The predicted molar refractivity (Wildman–Crippen MR) is 64.8 cm³/mol. The van der Waals surface area contributed by atoms with Gasteiger partial charge in [0, 0.05) is 13.1 Å². The van der Waals surface area contributed by atoms with Gasteiger partial charge in [0.05, 0.1) is 6.61 Å². The Hall–Kier alpha value is -0.320. The van der Waals surface area contributed by atoms with Gasteiger partial charge in [0.15, 0.2) is 0 Å². The lowest BCUT2D eigenvalue weighted by Gasteiger charge is -2.23. The molecule has 5 heteroatoms. The maximum absolute atomic E-state index is 11.6. The molecular formula is C11H21ClN2O2. The molecule has 2 heterocycles. The molecule has 0 aromatic rings. The molecule has 2 aliphatic rings. The van der Waals surface area contributed by atoms with Crippen LogP contribution in [-0.4, -0.2) is 49.7 Å². The van der Waals surface area contributed by atoms with E-state index in [1.54, 1.807) is 0 Å². The van der Waals surface area contributed by atoms with E-state index in [1.165, 1.54) is 0 Å². The summed E-state index contributed by atoms with van der Waals surface area (Å²) in [4.78, 5) is 13.8. The van der Waals surface area contributed by atoms with Crippen LogP contribution in [-0.2, 0) is 9.53 Å². The Kier molecular flexibility index (Phi) is 5.02. The molecule has 0 saturated carbocycles. The number of halogens is 1. The second-order valence-electron chi connectivity index (χ2n) is 4.56. The lowest BCUT2D eigenvalue weighted by Crippen LogP contribution is -2.40. The molecule has 0 radical (unpaired) electrons. The van der Waals surface area contributed by atoms with Gasteiger partial charge in [-0.15, -0.1) is 12.4 Å². The van der Waals surface area contributed by atoms with Crippen LogP contribution in [0.25, 0.3) is 0 Å². The molecule has 0 aliphatic carbocycles. The van der Waals surface area contributed by atoms with Crippen LogP contribution in [0.1, 0.15) is 13.8 Å². The van der Waals surface area contributed by atoms with E-state index in [4.69, 9.17) is 4.74 Å². The fraction of sp³-hybridized carbons (Fsp3) is 0.909. The van der Waals surface area contributed by atoms with Gasteiger partial charge in [-0.05, 0) is 38.8 Å². The van der Waals surface area contributed by atoms with Gasteiger partial charge in [0.25, 0.3) is 0 Å². The lowest BCUT2D eigenvalue weighted by molar-refractivity contribution is -0.148. The van der Waals surface area contributed by atoms with Gasteiger partial charge in [0.2, 0.25) is 0 Å². The summed E-state index contributed by atoms with van der Waals surface area (Å²) in [6.45, 7) is 8.58. The molecule has 4 nitrogen and oxygen atoms in total. The van der Waals surface area contributed by atoms with Gasteiger partial charge < -0.3 is 10.1 Å². The first kappa shape index (κ1) is 13.7. The molecule has 0 amide bonds. The minimum atomic E-state index is -0.0783. The first-order valence-corrected chi connectivity index (χ1v) is 5.83. The fourth-order valence-corrected chi connectivity index (χ4v) is 2.62. The molecular weight excluding hydrogens is 228 g/mol. The highest BCUT2D eigenvalue weighted by molar-refractivity contribution is 5.85. The number of rotatable bonds is 3. The van der Waals surface area contributed by atoms with Crippen LogP contribution in [0.2, 0.25) is 0 Å². The average molecular weight is 249 g/mol. The molecule has 3 atom stereocenters. The molecule has 2 saturated heterocycles. The van der Waals surface area contributed by atoms with Crippen molar-refractivity contribution in [2.24, 2.45) is 11.8 Å². The van der Waals surface area contributed by atoms with Crippen molar-refractivity contribution in [3.8, 4) is 0 Å². The quantitative estimate of drug-likeness (QED) is 0.739. The number of fused-ring (bicyclic) bond motifs is 1. The third-order valence-corrected chi connectivity index (χ3v) is 3.59. The second kappa shape index (κ2) is 5.84. The number of nitrogens with one attached hydrogen (secondary N) is 1. The summed E-state index contributed by atoms with van der Waals surface area (Å²) in [5.41, 5.74) is 0. The number of carbonyl (C=O) groups is 1. The van der Waals surface area contributed by atoms with Gasteiger partial charge in [-0.1, -0.05) is 0 Å². The minimum absolute atomic E-state index is 0. The molecule has 2 aliphatic heterocycles. The molecule has 1 N–H and O–H groups in total.